The van der Waals surface area contributed by atoms with Crippen molar-refractivity contribution in [2.45, 2.75) is 52.5 Å². The molecule has 1 aromatic rings. The van der Waals surface area contributed by atoms with Gasteiger partial charge in [0, 0.05) is 6.07 Å². The van der Waals surface area contributed by atoms with Gasteiger partial charge in [-0.15, -0.1) is 0 Å². The molecule has 0 spiro atoms. The van der Waals surface area contributed by atoms with Crippen LogP contribution in [0.4, 0.5) is 0 Å². The summed E-state index contributed by atoms with van der Waals surface area (Å²) < 4.78 is 1.33. The molecule has 94 valence electrons. The summed E-state index contributed by atoms with van der Waals surface area (Å²) in [6, 6.07) is 2.73. The van der Waals surface area contributed by atoms with E-state index in [2.05, 4.69) is 12.0 Å². The number of Topliss-reactive ketones (excluding diaryl/α,β-unsaturated/α-hetero) is 1. The van der Waals surface area contributed by atoms with Crippen LogP contribution in [0.2, 0.25) is 0 Å². The number of hydrogen-bond donors (Lipinski definition) is 0. The summed E-state index contributed by atoms with van der Waals surface area (Å²) in [5.41, 5.74) is 0.554. The van der Waals surface area contributed by atoms with Crippen LogP contribution in [-0.2, 0) is 4.79 Å². The molecule has 1 atom stereocenters. The highest BCUT2D eigenvalue weighted by Crippen LogP contribution is 2.14. The molecule has 0 unspecified atom stereocenters. The second-order valence-corrected chi connectivity index (χ2v) is 4.38. The molecule has 4 heteroatoms. The summed E-state index contributed by atoms with van der Waals surface area (Å²) in [5.74, 6) is 0.00121. The van der Waals surface area contributed by atoms with Gasteiger partial charge in [-0.1, -0.05) is 26.2 Å². The van der Waals surface area contributed by atoms with Crippen molar-refractivity contribution in [2.75, 3.05) is 0 Å². The fourth-order valence-electron chi connectivity index (χ4n) is 1.83. The second-order valence-electron chi connectivity index (χ2n) is 4.38. The molecule has 0 radical (unpaired) electrons. The molecule has 0 saturated carbocycles. The van der Waals surface area contributed by atoms with Gasteiger partial charge in [0.15, 0.2) is 5.78 Å². The Kier molecular flexibility index (Phi) is 5.07. The average Bonchev–Trinajstić information content (AvgIpc) is 2.28. The Morgan fingerprint density at radius 2 is 2.12 bits per heavy atom. The van der Waals surface area contributed by atoms with Crippen molar-refractivity contribution in [3.63, 3.8) is 0 Å². The van der Waals surface area contributed by atoms with Crippen molar-refractivity contribution in [3.05, 3.63) is 28.2 Å². The van der Waals surface area contributed by atoms with Crippen LogP contribution >= 0.6 is 0 Å². The molecule has 1 heterocycles. The van der Waals surface area contributed by atoms with Gasteiger partial charge in [0.1, 0.15) is 6.04 Å². The summed E-state index contributed by atoms with van der Waals surface area (Å²) in [6.45, 7) is 5.45. The van der Waals surface area contributed by atoms with Crippen LogP contribution in [0.1, 0.15) is 51.3 Å². The predicted octanol–water partition coefficient (Wildman–Crippen LogP) is 2.26. The fraction of sp³-hybridized carbons (Fsp3) is 0.615. The molecule has 0 aromatic carbocycles. The first-order valence-corrected chi connectivity index (χ1v) is 6.13. The van der Waals surface area contributed by atoms with E-state index < -0.39 is 6.04 Å². The Labute approximate surface area is 102 Å². The van der Waals surface area contributed by atoms with Crippen molar-refractivity contribution in [1.29, 1.82) is 0 Å². The first-order valence-electron chi connectivity index (χ1n) is 6.13. The number of ketones is 1. The minimum atomic E-state index is -0.408. The molecular formula is C13H20N2O2. The maximum absolute atomic E-state index is 11.7. The third kappa shape index (κ3) is 3.80. The minimum Gasteiger partial charge on any atom is -0.298 e. The molecule has 0 N–H and O–H groups in total. The Morgan fingerprint density at radius 1 is 1.41 bits per heavy atom. The van der Waals surface area contributed by atoms with Gasteiger partial charge in [0.05, 0.1) is 5.69 Å². The normalized spacial score (nSPS) is 12.4. The Morgan fingerprint density at radius 3 is 2.71 bits per heavy atom. The number of hydrogen-bond acceptors (Lipinski definition) is 3. The summed E-state index contributed by atoms with van der Waals surface area (Å²) in [7, 11) is 0. The van der Waals surface area contributed by atoms with Gasteiger partial charge in [0.25, 0.3) is 5.56 Å². The van der Waals surface area contributed by atoms with E-state index in [1.54, 1.807) is 6.07 Å². The molecule has 1 rings (SSSR count). The van der Waals surface area contributed by atoms with Crippen molar-refractivity contribution < 1.29 is 4.79 Å². The lowest BCUT2D eigenvalue weighted by atomic mass is 10.1. The van der Waals surface area contributed by atoms with Crippen LogP contribution in [0.5, 0.6) is 0 Å². The number of carbonyl (C=O) groups excluding carboxylic acids is 1. The highest BCUT2D eigenvalue weighted by atomic mass is 16.1. The van der Waals surface area contributed by atoms with E-state index in [1.807, 2.05) is 6.92 Å². The predicted molar refractivity (Wildman–Crippen MR) is 67.1 cm³/mol. The van der Waals surface area contributed by atoms with Gasteiger partial charge in [-0.3, -0.25) is 9.59 Å². The standard InChI is InChI=1S/C13H20N2O2/c1-4-5-6-7-12(11(3)16)15-13(17)9-8-10(2)14-15/h8-9,12H,4-7H2,1-3H3/t12-/m0/s1. The molecular weight excluding hydrogens is 216 g/mol. The van der Waals surface area contributed by atoms with E-state index in [-0.39, 0.29) is 11.3 Å². The third-order valence-electron chi connectivity index (χ3n) is 2.80. The molecule has 1 aromatic heterocycles. The highest BCUT2D eigenvalue weighted by molar-refractivity contribution is 5.79. The van der Waals surface area contributed by atoms with Crippen LogP contribution in [0, 0.1) is 6.92 Å². The van der Waals surface area contributed by atoms with Crippen LogP contribution in [0.15, 0.2) is 16.9 Å². The van der Waals surface area contributed by atoms with Crippen molar-refractivity contribution in [2.24, 2.45) is 0 Å². The molecule has 0 amide bonds. The number of aromatic nitrogens is 2. The summed E-state index contributed by atoms with van der Waals surface area (Å²) in [6.07, 6.45) is 3.81. The molecule has 17 heavy (non-hydrogen) atoms. The van der Waals surface area contributed by atoms with E-state index >= 15 is 0 Å². The number of unbranched alkanes of at least 4 members (excludes halogenated alkanes) is 2. The number of nitrogens with zero attached hydrogens (tertiary/aromatic N) is 2. The fourth-order valence-corrected chi connectivity index (χ4v) is 1.83. The van der Waals surface area contributed by atoms with Crippen molar-refractivity contribution in [1.82, 2.24) is 9.78 Å². The Bertz CT molecular complexity index is 437. The van der Waals surface area contributed by atoms with E-state index in [0.717, 1.165) is 25.0 Å². The van der Waals surface area contributed by atoms with Gasteiger partial charge in [0.2, 0.25) is 0 Å². The van der Waals surface area contributed by atoms with Crippen LogP contribution in [0.3, 0.4) is 0 Å². The molecule has 0 fully saturated rings. The van der Waals surface area contributed by atoms with E-state index in [4.69, 9.17) is 0 Å². The number of rotatable bonds is 6. The zero-order valence-electron chi connectivity index (χ0n) is 10.8. The summed E-state index contributed by atoms with van der Waals surface area (Å²) in [4.78, 5) is 23.3. The molecule has 4 nitrogen and oxygen atoms in total. The molecule has 0 bridgehead atoms. The zero-order valence-corrected chi connectivity index (χ0v) is 10.8. The molecule has 0 aliphatic rings. The topological polar surface area (TPSA) is 52.0 Å². The SMILES string of the molecule is CCCCC[C@@H](C(C)=O)n1nc(C)ccc1=O. The van der Waals surface area contributed by atoms with Gasteiger partial charge < -0.3 is 0 Å². The average molecular weight is 236 g/mol. The lowest BCUT2D eigenvalue weighted by Gasteiger charge is -2.15. The van der Waals surface area contributed by atoms with Crippen LogP contribution < -0.4 is 5.56 Å². The lowest BCUT2D eigenvalue weighted by molar-refractivity contribution is -0.120. The monoisotopic (exact) mass is 236 g/mol. The lowest BCUT2D eigenvalue weighted by Crippen LogP contribution is -2.31. The summed E-state index contributed by atoms with van der Waals surface area (Å²) >= 11 is 0. The van der Waals surface area contributed by atoms with E-state index in [1.165, 1.54) is 17.7 Å². The quantitative estimate of drug-likeness (QED) is 0.712. The summed E-state index contributed by atoms with van der Waals surface area (Å²) in [5, 5.41) is 4.16. The van der Waals surface area contributed by atoms with Crippen molar-refractivity contribution in [3.8, 4) is 0 Å². The molecule has 0 aliphatic heterocycles. The van der Waals surface area contributed by atoms with Gasteiger partial charge in [-0.25, -0.2) is 4.68 Å². The van der Waals surface area contributed by atoms with Crippen LogP contribution in [0.25, 0.3) is 0 Å². The molecule has 0 saturated heterocycles. The largest absolute Gasteiger partial charge is 0.298 e. The van der Waals surface area contributed by atoms with Crippen LogP contribution in [-0.4, -0.2) is 15.6 Å². The van der Waals surface area contributed by atoms with Gasteiger partial charge >= 0.3 is 0 Å². The smallest absolute Gasteiger partial charge is 0.267 e. The third-order valence-corrected chi connectivity index (χ3v) is 2.80. The van der Waals surface area contributed by atoms with E-state index in [9.17, 15) is 9.59 Å². The van der Waals surface area contributed by atoms with Gasteiger partial charge in [-0.05, 0) is 26.3 Å². The maximum Gasteiger partial charge on any atom is 0.267 e. The zero-order chi connectivity index (χ0) is 12.8. The first-order chi connectivity index (χ1) is 8.06. The van der Waals surface area contributed by atoms with Crippen molar-refractivity contribution >= 4 is 5.78 Å². The first kappa shape index (κ1) is 13.6. The second kappa shape index (κ2) is 6.33. The Balaban J connectivity index is 2.93. The highest BCUT2D eigenvalue weighted by Gasteiger charge is 2.18. The number of carbonyl (C=O) groups is 1. The van der Waals surface area contributed by atoms with E-state index in [0.29, 0.717) is 6.42 Å². The minimum absolute atomic E-state index is 0.00121. The number of aryl methyl sites for hydroxylation is 1. The maximum atomic E-state index is 11.7. The molecule has 0 aliphatic carbocycles. The Hall–Kier alpha value is -1.45. The van der Waals surface area contributed by atoms with Gasteiger partial charge in [-0.2, -0.15) is 5.10 Å².